The minimum absolute atomic E-state index is 0.129. The highest BCUT2D eigenvalue weighted by atomic mass is 32.1. The lowest BCUT2D eigenvalue weighted by molar-refractivity contribution is -0.115. The van der Waals surface area contributed by atoms with E-state index in [1.807, 2.05) is 49.6 Å². The first-order valence-electron chi connectivity index (χ1n) is 10.0. The van der Waals surface area contributed by atoms with Gasteiger partial charge in [0.15, 0.2) is 22.2 Å². The topological polar surface area (TPSA) is 72.6 Å². The number of fused-ring (bicyclic) bond motifs is 1. The van der Waals surface area contributed by atoms with Crippen LogP contribution in [0.1, 0.15) is 34.3 Å². The third-order valence-electron chi connectivity index (χ3n) is 5.21. The van der Waals surface area contributed by atoms with E-state index in [0.717, 1.165) is 22.2 Å². The van der Waals surface area contributed by atoms with Crippen LogP contribution in [0.2, 0.25) is 0 Å². The summed E-state index contributed by atoms with van der Waals surface area (Å²) in [7, 11) is 1.56. The van der Waals surface area contributed by atoms with Crippen LogP contribution in [-0.4, -0.2) is 23.8 Å². The van der Waals surface area contributed by atoms with E-state index in [1.165, 1.54) is 24.3 Å². The number of thiazole rings is 1. The summed E-state index contributed by atoms with van der Waals surface area (Å²) in [5.74, 6) is 0.383. The van der Waals surface area contributed by atoms with E-state index >= 15 is 0 Å². The first-order chi connectivity index (χ1) is 15.4. The van der Waals surface area contributed by atoms with Crippen molar-refractivity contribution in [2.24, 2.45) is 0 Å². The van der Waals surface area contributed by atoms with Gasteiger partial charge in [0.1, 0.15) is 0 Å². The number of allylic oxidation sites excluding steroid dienone is 1. The number of aromatic nitrogens is 1. The largest absolute Gasteiger partial charge is 0.493 e. The van der Waals surface area contributed by atoms with Gasteiger partial charge in [-0.3, -0.25) is 14.5 Å². The number of amides is 1. The highest BCUT2D eigenvalue weighted by Crippen LogP contribution is 2.33. The van der Waals surface area contributed by atoms with Crippen molar-refractivity contribution in [3.63, 3.8) is 0 Å². The maximum Gasteiger partial charge on any atom is 0.230 e. The van der Waals surface area contributed by atoms with Crippen molar-refractivity contribution >= 4 is 50.9 Å². The van der Waals surface area contributed by atoms with Crippen LogP contribution in [0, 0.1) is 13.8 Å². The summed E-state index contributed by atoms with van der Waals surface area (Å²) >= 11 is 1.34. The number of ketones is 1. The maximum absolute atomic E-state index is 12.6. The number of benzene rings is 2. The molecule has 0 aliphatic heterocycles. The monoisotopic (exact) mass is 446 g/mol. The molecule has 0 unspecified atom stereocenters. The minimum atomic E-state index is -0.282. The second kappa shape index (κ2) is 8.80. The number of carbonyl (C=O) groups is 2. The summed E-state index contributed by atoms with van der Waals surface area (Å²) in [5, 5.41) is 3.15. The standard InChI is InChI=1S/C25H22N2O4S/c1-15-7-5-9-20(16(15)2)27(17(3)28)25-26-19(14-32-25)11-12-21(29)23-13-18-8-6-10-22(30-4)24(18)31-23/h5-14H,1-4H3/b12-11-. The summed E-state index contributed by atoms with van der Waals surface area (Å²) in [5.41, 5.74) is 4.04. The lowest BCUT2D eigenvalue weighted by atomic mass is 10.1. The summed E-state index contributed by atoms with van der Waals surface area (Å²) < 4.78 is 11.0. The molecule has 2 aromatic heterocycles. The highest BCUT2D eigenvalue weighted by molar-refractivity contribution is 7.14. The molecule has 2 aromatic carbocycles. The van der Waals surface area contributed by atoms with Crippen LogP contribution in [0.25, 0.3) is 17.0 Å². The van der Waals surface area contributed by atoms with Crippen molar-refractivity contribution in [1.29, 1.82) is 0 Å². The lowest BCUT2D eigenvalue weighted by Gasteiger charge is -2.21. The molecule has 2 heterocycles. The fraction of sp³-hybridized carbons (Fsp3) is 0.160. The molecule has 0 spiro atoms. The second-order valence-corrected chi connectivity index (χ2v) is 8.15. The first-order valence-corrected chi connectivity index (χ1v) is 10.9. The van der Waals surface area contributed by atoms with Gasteiger partial charge in [0.05, 0.1) is 18.5 Å². The Balaban J connectivity index is 1.59. The molecule has 0 aliphatic rings. The van der Waals surface area contributed by atoms with Crippen LogP contribution in [0.5, 0.6) is 5.75 Å². The van der Waals surface area contributed by atoms with Gasteiger partial charge in [-0.2, -0.15) is 0 Å². The Morgan fingerprint density at radius 2 is 1.94 bits per heavy atom. The molecule has 0 saturated carbocycles. The van der Waals surface area contributed by atoms with Crippen molar-refractivity contribution in [2.75, 3.05) is 12.0 Å². The fourth-order valence-electron chi connectivity index (χ4n) is 3.40. The average molecular weight is 447 g/mol. The van der Waals surface area contributed by atoms with Crippen LogP contribution < -0.4 is 9.64 Å². The van der Waals surface area contributed by atoms with E-state index in [2.05, 4.69) is 4.98 Å². The molecule has 162 valence electrons. The fourth-order valence-corrected chi connectivity index (χ4v) is 4.25. The first kappa shape index (κ1) is 21.5. The Morgan fingerprint density at radius 3 is 2.69 bits per heavy atom. The van der Waals surface area contributed by atoms with Gasteiger partial charge in [-0.1, -0.05) is 24.3 Å². The molecule has 6 nitrogen and oxygen atoms in total. The predicted molar refractivity (Wildman–Crippen MR) is 127 cm³/mol. The minimum Gasteiger partial charge on any atom is -0.493 e. The molecule has 0 saturated heterocycles. The lowest BCUT2D eigenvalue weighted by Crippen LogP contribution is -2.23. The normalized spacial score (nSPS) is 11.2. The van der Waals surface area contributed by atoms with E-state index in [9.17, 15) is 9.59 Å². The van der Waals surface area contributed by atoms with Crippen LogP contribution in [0.15, 0.2) is 58.3 Å². The number of carbonyl (C=O) groups excluding carboxylic acids is 2. The molecule has 0 bridgehead atoms. The van der Waals surface area contributed by atoms with Gasteiger partial charge in [0, 0.05) is 17.7 Å². The van der Waals surface area contributed by atoms with Gasteiger partial charge in [-0.15, -0.1) is 11.3 Å². The Morgan fingerprint density at radius 1 is 1.16 bits per heavy atom. The molecule has 4 aromatic rings. The molecular formula is C25H22N2O4S. The number of rotatable bonds is 6. The van der Waals surface area contributed by atoms with Gasteiger partial charge in [0.2, 0.25) is 11.7 Å². The number of hydrogen-bond donors (Lipinski definition) is 0. The zero-order chi connectivity index (χ0) is 22.8. The zero-order valence-electron chi connectivity index (χ0n) is 18.2. The summed E-state index contributed by atoms with van der Waals surface area (Å²) in [6.07, 6.45) is 3.03. The van der Waals surface area contributed by atoms with E-state index in [0.29, 0.717) is 22.2 Å². The average Bonchev–Trinajstić information content (AvgIpc) is 3.42. The van der Waals surface area contributed by atoms with Gasteiger partial charge < -0.3 is 9.15 Å². The van der Waals surface area contributed by atoms with E-state index in [-0.39, 0.29) is 17.5 Å². The number of para-hydroxylation sites is 1. The highest BCUT2D eigenvalue weighted by Gasteiger charge is 2.20. The second-order valence-electron chi connectivity index (χ2n) is 7.32. The molecule has 1 amide bonds. The molecule has 0 fully saturated rings. The number of anilines is 2. The van der Waals surface area contributed by atoms with Crippen molar-refractivity contribution in [2.45, 2.75) is 20.8 Å². The van der Waals surface area contributed by atoms with E-state index < -0.39 is 0 Å². The van der Waals surface area contributed by atoms with Gasteiger partial charge in [-0.05, 0) is 55.3 Å². The van der Waals surface area contributed by atoms with E-state index in [4.69, 9.17) is 9.15 Å². The molecule has 7 heteroatoms. The number of aryl methyl sites for hydroxylation is 1. The Bertz CT molecular complexity index is 1350. The Kier molecular flexibility index (Phi) is 5.92. The Hall–Kier alpha value is -3.71. The summed E-state index contributed by atoms with van der Waals surface area (Å²) in [6, 6.07) is 13.0. The molecule has 0 aliphatic carbocycles. The van der Waals surface area contributed by atoms with E-state index in [1.54, 1.807) is 30.2 Å². The van der Waals surface area contributed by atoms with Crippen molar-refractivity contribution in [3.05, 3.63) is 76.5 Å². The van der Waals surface area contributed by atoms with Crippen LogP contribution in [0.4, 0.5) is 10.8 Å². The summed E-state index contributed by atoms with van der Waals surface area (Å²) in [6.45, 7) is 5.50. The quantitative estimate of drug-likeness (QED) is 0.264. The van der Waals surface area contributed by atoms with Crippen LogP contribution in [0.3, 0.4) is 0 Å². The number of hydrogen-bond acceptors (Lipinski definition) is 6. The zero-order valence-corrected chi connectivity index (χ0v) is 19.0. The molecule has 32 heavy (non-hydrogen) atoms. The molecule has 0 atom stereocenters. The molecular weight excluding hydrogens is 424 g/mol. The van der Waals surface area contributed by atoms with Crippen LogP contribution in [-0.2, 0) is 4.79 Å². The number of furan rings is 1. The van der Waals surface area contributed by atoms with Crippen molar-refractivity contribution < 1.29 is 18.7 Å². The van der Waals surface area contributed by atoms with Crippen LogP contribution >= 0.6 is 11.3 Å². The number of methoxy groups -OCH3 is 1. The van der Waals surface area contributed by atoms with Gasteiger partial charge in [0.25, 0.3) is 0 Å². The smallest absolute Gasteiger partial charge is 0.230 e. The third-order valence-corrected chi connectivity index (χ3v) is 6.05. The van der Waals surface area contributed by atoms with Crippen molar-refractivity contribution in [1.82, 2.24) is 4.98 Å². The van der Waals surface area contributed by atoms with Gasteiger partial charge >= 0.3 is 0 Å². The van der Waals surface area contributed by atoms with Crippen molar-refractivity contribution in [3.8, 4) is 5.75 Å². The molecule has 0 radical (unpaired) electrons. The number of nitrogens with zero attached hydrogens (tertiary/aromatic N) is 2. The molecule has 4 rings (SSSR count). The van der Waals surface area contributed by atoms with Gasteiger partial charge in [-0.25, -0.2) is 4.98 Å². The summed E-state index contributed by atoms with van der Waals surface area (Å²) in [4.78, 5) is 31.2. The SMILES string of the molecule is COc1cccc2cc(C(=O)/C=C\c3csc(N(C(C)=O)c4cccc(C)c4C)n3)oc12. The maximum atomic E-state index is 12.6. The third kappa shape index (κ3) is 4.07. The Labute approximate surface area is 189 Å². The number of ether oxygens (including phenoxy) is 1. The molecule has 0 N–H and O–H groups in total. The predicted octanol–water partition coefficient (Wildman–Crippen LogP) is 6.10.